The summed E-state index contributed by atoms with van der Waals surface area (Å²) in [4.78, 5) is 14.2. The van der Waals surface area contributed by atoms with E-state index in [0.29, 0.717) is 13.0 Å². The Labute approximate surface area is 128 Å². The lowest BCUT2D eigenvalue weighted by Crippen LogP contribution is -2.38. The first-order valence-corrected chi connectivity index (χ1v) is 7.80. The molecule has 21 heavy (non-hydrogen) atoms. The number of anilines is 1. The normalized spacial score (nSPS) is 11.1. The summed E-state index contributed by atoms with van der Waals surface area (Å²) in [6.45, 7) is 7.52. The number of hydrogen-bond donors (Lipinski definition) is 2. The molecule has 0 aliphatic heterocycles. The predicted octanol–water partition coefficient (Wildman–Crippen LogP) is 2.67. The summed E-state index contributed by atoms with van der Waals surface area (Å²) in [6, 6.07) is 8.32. The topological polar surface area (TPSA) is 52.6 Å². The lowest BCUT2D eigenvalue weighted by molar-refractivity contribution is -0.117. The molecule has 0 aromatic heterocycles. The number of hydrogen-bond acceptors (Lipinski definition) is 3. The Morgan fingerprint density at radius 1 is 1.29 bits per heavy atom. The standard InChI is InChI=1S/C17H28N2O2/c1-4-6-15-7-9-16(10-8-15)18-17(21)13-19(14(2)3)11-5-12-20/h7-10,14,20H,4-6,11-13H2,1-3H3,(H,18,21). The molecule has 0 fully saturated rings. The van der Waals surface area contributed by atoms with Gasteiger partial charge in [-0.3, -0.25) is 9.69 Å². The molecule has 1 amide bonds. The van der Waals surface area contributed by atoms with E-state index >= 15 is 0 Å². The van der Waals surface area contributed by atoms with Crippen LogP contribution in [0.15, 0.2) is 24.3 Å². The molecule has 0 aliphatic carbocycles. The fourth-order valence-corrected chi connectivity index (χ4v) is 2.22. The molecule has 4 nitrogen and oxygen atoms in total. The van der Waals surface area contributed by atoms with Crippen molar-refractivity contribution in [3.63, 3.8) is 0 Å². The maximum Gasteiger partial charge on any atom is 0.238 e. The monoisotopic (exact) mass is 292 g/mol. The molecule has 0 unspecified atom stereocenters. The fraction of sp³-hybridized carbons (Fsp3) is 0.588. The number of rotatable bonds is 9. The molecule has 0 heterocycles. The SMILES string of the molecule is CCCc1ccc(NC(=O)CN(CCCO)C(C)C)cc1. The first-order valence-electron chi connectivity index (χ1n) is 7.80. The van der Waals surface area contributed by atoms with Crippen molar-refractivity contribution >= 4 is 11.6 Å². The van der Waals surface area contributed by atoms with E-state index in [4.69, 9.17) is 5.11 Å². The van der Waals surface area contributed by atoms with Crippen LogP contribution < -0.4 is 5.32 Å². The summed E-state index contributed by atoms with van der Waals surface area (Å²) in [5.41, 5.74) is 2.13. The van der Waals surface area contributed by atoms with Crippen LogP contribution in [-0.2, 0) is 11.2 Å². The van der Waals surface area contributed by atoms with Crippen molar-refractivity contribution in [3.05, 3.63) is 29.8 Å². The van der Waals surface area contributed by atoms with Gasteiger partial charge in [0.05, 0.1) is 6.54 Å². The smallest absolute Gasteiger partial charge is 0.238 e. The number of aliphatic hydroxyl groups excluding tert-OH is 1. The summed E-state index contributed by atoms with van der Waals surface area (Å²) < 4.78 is 0. The maximum absolute atomic E-state index is 12.1. The number of aryl methyl sites for hydroxylation is 1. The van der Waals surface area contributed by atoms with Crippen LogP contribution in [0.4, 0.5) is 5.69 Å². The Balaban J connectivity index is 2.51. The van der Waals surface area contributed by atoms with Gasteiger partial charge in [0, 0.05) is 24.9 Å². The highest BCUT2D eigenvalue weighted by molar-refractivity contribution is 5.92. The summed E-state index contributed by atoms with van der Waals surface area (Å²) in [5.74, 6) is -0.00937. The zero-order chi connectivity index (χ0) is 15.7. The van der Waals surface area contributed by atoms with E-state index in [1.807, 2.05) is 12.1 Å². The van der Waals surface area contributed by atoms with Crippen molar-refractivity contribution in [2.24, 2.45) is 0 Å². The van der Waals surface area contributed by atoms with Crippen LogP contribution in [0.2, 0.25) is 0 Å². The fourth-order valence-electron chi connectivity index (χ4n) is 2.22. The van der Waals surface area contributed by atoms with Gasteiger partial charge in [-0.1, -0.05) is 25.5 Å². The zero-order valence-corrected chi connectivity index (χ0v) is 13.4. The Hall–Kier alpha value is -1.39. The van der Waals surface area contributed by atoms with E-state index in [9.17, 15) is 4.79 Å². The van der Waals surface area contributed by atoms with Gasteiger partial charge >= 0.3 is 0 Å². The average Bonchev–Trinajstić information content (AvgIpc) is 2.45. The zero-order valence-electron chi connectivity index (χ0n) is 13.4. The molecule has 0 atom stereocenters. The second-order valence-corrected chi connectivity index (χ2v) is 5.64. The molecule has 118 valence electrons. The third-order valence-corrected chi connectivity index (χ3v) is 3.46. The molecule has 2 N–H and O–H groups in total. The Bertz CT molecular complexity index is 415. The lowest BCUT2D eigenvalue weighted by Gasteiger charge is -2.25. The van der Waals surface area contributed by atoms with Gasteiger partial charge in [0.15, 0.2) is 0 Å². The summed E-state index contributed by atoms with van der Waals surface area (Å²) in [5, 5.41) is 11.8. The largest absolute Gasteiger partial charge is 0.396 e. The molecule has 0 saturated carbocycles. The van der Waals surface area contributed by atoms with Gasteiger partial charge in [0.2, 0.25) is 5.91 Å². The van der Waals surface area contributed by atoms with Crippen LogP contribution in [-0.4, -0.2) is 41.7 Å². The van der Waals surface area contributed by atoms with Crippen molar-refractivity contribution in [3.8, 4) is 0 Å². The second kappa shape index (κ2) is 9.53. The average molecular weight is 292 g/mol. The molecule has 0 aliphatic rings. The lowest BCUT2D eigenvalue weighted by atomic mass is 10.1. The van der Waals surface area contributed by atoms with E-state index in [-0.39, 0.29) is 18.6 Å². The van der Waals surface area contributed by atoms with Crippen LogP contribution in [0.5, 0.6) is 0 Å². The highest BCUT2D eigenvalue weighted by Gasteiger charge is 2.13. The van der Waals surface area contributed by atoms with E-state index < -0.39 is 0 Å². The van der Waals surface area contributed by atoms with Gasteiger partial charge in [-0.05, 0) is 44.4 Å². The highest BCUT2D eigenvalue weighted by Crippen LogP contribution is 2.11. The molecule has 0 bridgehead atoms. The molecule has 1 aromatic carbocycles. The maximum atomic E-state index is 12.1. The Kier molecular flexibility index (Phi) is 8.01. The molecular weight excluding hydrogens is 264 g/mol. The molecule has 4 heteroatoms. The molecule has 1 aromatic rings. The van der Waals surface area contributed by atoms with E-state index in [2.05, 4.69) is 43.1 Å². The number of amides is 1. The highest BCUT2D eigenvalue weighted by atomic mass is 16.3. The number of benzene rings is 1. The number of carbonyl (C=O) groups is 1. The number of carbonyl (C=O) groups excluding carboxylic acids is 1. The van der Waals surface area contributed by atoms with E-state index in [0.717, 1.165) is 25.1 Å². The molecule has 0 spiro atoms. The van der Waals surface area contributed by atoms with Gasteiger partial charge < -0.3 is 10.4 Å². The van der Waals surface area contributed by atoms with Gasteiger partial charge in [-0.25, -0.2) is 0 Å². The van der Waals surface area contributed by atoms with Crippen LogP contribution in [0, 0.1) is 0 Å². The van der Waals surface area contributed by atoms with Crippen molar-refractivity contribution in [1.82, 2.24) is 4.90 Å². The first kappa shape index (κ1) is 17.7. The molecule has 0 radical (unpaired) electrons. The van der Waals surface area contributed by atoms with Crippen molar-refractivity contribution in [2.45, 2.75) is 46.1 Å². The predicted molar refractivity (Wildman–Crippen MR) is 87.5 cm³/mol. The number of nitrogens with one attached hydrogen (secondary N) is 1. The third kappa shape index (κ3) is 6.74. The van der Waals surface area contributed by atoms with Crippen LogP contribution >= 0.6 is 0 Å². The van der Waals surface area contributed by atoms with Crippen LogP contribution in [0.3, 0.4) is 0 Å². The number of nitrogens with zero attached hydrogens (tertiary/aromatic N) is 1. The van der Waals surface area contributed by atoms with Crippen molar-refractivity contribution in [1.29, 1.82) is 0 Å². The summed E-state index contributed by atoms with van der Waals surface area (Å²) in [6.07, 6.45) is 2.88. The summed E-state index contributed by atoms with van der Waals surface area (Å²) in [7, 11) is 0. The molecule has 0 saturated heterocycles. The third-order valence-electron chi connectivity index (χ3n) is 3.46. The molecular formula is C17H28N2O2. The minimum absolute atomic E-state index is 0.00937. The minimum atomic E-state index is -0.00937. The van der Waals surface area contributed by atoms with E-state index in [1.54, 1.807) is 0 Å². The van der Waals surface area contributed by atoms with Crippen LogP contribution in [0.25, 0.3) is 0 Å². The van der Waals surface area contributed by atoms with E-state index in [1.165, 1.54) is 5.56 Å². The Morgan fingerprint density at radius 3 is 2.48 bits per heavy atom. The number of aliphatic hydroxyl groups is 1. The summed E-state index contributed by atoms with van der Waals surface area (Å²) >= 11 is 0. The van der Waals surface area contributed by atoms with Crippen molar-refractivity contribution in [2.75, 3.05) is 25.0 Å². The Morgan fingerprint density at radius 2 is 1.95 bits per heavy atom. The van der Waals surface area contributed by atoms with Gasteiger partial charge in [0.25, 0.3) is 0 Å². The second-order valence-electron chi connectivity index (χ2n) is 5.64. The van der Waals surface area contributed by atoms with Gasteiger partial charge in [-0.15, -0.1) is 0 Å². The van der Waals surface area contributed by atoms with Gasteiger partial charge in [-0.2, -0.15) is 0 Å². The van der Waals surface area contributed by atoms with Gasteiger partial charge in [0.1, 0.15) is 0 Å². The van der Waals surface area contributed by atoms with Crippen LogP contribution in [0.1, 0.15) is 39.2 Å². The quantitative estimate of drug-likeness (QED) is 0.736. The first-order chi connectivity index (χ1) is 10.1. The minimum Gasteiger partial charge on any atom is -0.396 e. The van der Waals surface area contributed by atoms with Crippen molar-refractivity contribution < 1.29 is 9.90 Å². The molecule has 1 rings (SSSR count).